The molecule has 1 aliphatic carbocycles. The summed E-state index contributed by atoms with van der Waals surface area (Å²) in [5, 5.41) is 0. The van der Waals surface area contributed by atoms with Gasteiger partial charge in [0.2, 0.25) is 5.91 Å². The van der Waals surface area contributed by atoms with Gasteiger partial charge in [-0.05, 0) is 38.0 Å². The minimum atomic E-state index is -0.179. The maximum Gasteiger partial charge on any atom is 0.224 e. The summed E-state index contributed by atoms with van der Waals surface area (Å²) < 4.78 is 5.39. The Bertz CT molecular complexity index is 357. The number of piperidine rings is 1. The molecule has 2 saturated heterocycles. The molecule has 0 atom stereocenters. The highest BCUT2D eigenvalue weighted by atomic mass is 16.5. The van der Waals surface area contributed by atoms with Gasteiger partial charge in [0.05, 0.1) is 13.2 Å². The number of rotatable bonds is 4. The van der Waals surface area contributed by atoms with E-state index in [4.69, 9.17) is 10.5 Å². The van der Waals surface area contributed by atoms with Crippen LogP contribution in [0.25, 0.3) is 0 Å². The fourth-order valence-electron chi connectivity index (χ4n) is 3.73. The van der Waals surface area contributed by atoms with Gasteiger partial charge in [-0.3, -0.25) is 9.69 Å². The van der Waals surface area contributed by atoms with Crippen molar-refractivity contribution in [3.8, 4) is 0 Å². The molecule has 0 aromatic heterocycles. The third-order valence-electron chi connectivity index (χ3n) is 5.44. The molecule has 3 aliphatic rings. The predicted octanol–water partition coefficient (Wildman–Crippen LogP) is 0.829. The first-order chi connectivity index (χ1) is 10.1. The monoisotopic (exact) mass is 295 g/mol. The fourth-order valence-corrected chi connectivity index (χ4v) is 3.73. The van der Waals surface area contributed by atoms with Crippen LogP contribution < -0.4 is 5.73 Å². The van der Waals surface area contributed by atoms with E-state index in [9.17, 15) is 4.79 Å². The van der Waals surface area contributed by atoms with Crippen molar-refractivity contribution >= 4 is 5.91 Å². The lowest BCUT2D eigenvalue weighted by atomic mass is 9.75. The van der Waals surface area contributed by atoms with E-state index in [1.165, 1.54) is 13.0 Å². The van der Waals surface area contributed by atoms with E-state index in [0.29, 0.717) is 6.42 Å². The van der Waals surface area contributed by atoms with E-state index < -0.39 is 0 Å². The van der Waals surface area contributed by atoms with Crippen LogP contribution in [0.5, 0.6) is 0 Å². The first-order valence-corrected chi connectivity index (χ1v) is 8.51. The summed E-state index contributed by atoms with van der Waals surface area (Å²) in [6.07, 6.45) is 6.06. The average Bonchev–Trinajstić information content (AvgIpc) is 2.47. The molecular weight excluding hydrogens is 266 g/mol. The fraction of sp³-hybridized carbons (Fsp3) is 0.938. The van der Waals surface area contributed by atoms with Gasteiger partial charge in [-0.15, -0.1) is 0 Å². The molecule has 0 bridgehead atoms. The Labute approximate surface area is 127 Å². The number of ether oxygens (including phenoxy) is 1. The van der Waals surface area contributed by atoms with Gasteiger partial charge in [-0.1, -0.05) is 0 Å². The molecule has 0 aromatic carbocycles. The van der Waals surface area contributed by atoms with Crippen LogP contribution in [0.1, 0.15) is 38.5 Å². The first kappa shape index (κ1) is 15.3. The van der Waals surface area contributed by atoms with Crippen LogP contribution in [0.4, 0.5) is 0 Å². The van der Waals surface area contributed by atoms with E-state index in [-0.39, 0.29) is 11.4 Å². The molecule has 2 aliphatic heterocycles. The largest absolute Gasteiger partial charge is 0.379 e. The standard InChI is InChI=1S/C16H29N3O2/c17-16(4-1-5-16)12-15(20)19-6-2-14(3-7-19)13-18-8-10-21-11-9-18/h14H,1-13,17H2. The lowest BCUT2D eigenvalue weighted by Crippen LogP contribution is -2.52. The minimum absolute atomic E-state index is 0.179. The first-order valence-electron chi connectivity index (χ1n) is 8.51. The van der Waals surface area contributed by atoms with Gasteiger partial charge in [0.25, 0.3) is 0 Å². The third-order valence-corrected chi connectivity index (χ3v) is 5.44. The van der Waals surface area contributed by atoms with Gasteiger partial charge in [0.15, 0.2) is 0 Å². The average molecular weight is 295 g/mol. The highest BCUT2D eigenvalue weighted by Crippen LogP contribution is 2.33. The number of amides is 1. The van der Waals surface area contributed by atoms with E-state index in [2.05, 4.69) is 4.90 Å². The molecule has 120 valence electrons. The van der Waals surface area contributed by atoms with Crippen LogP contribution in [-0.4, -0.2) is 67.2 Å². The van der Waals surface area contributed by atoms with Crippen LogP contribution in [0.15, 0.2) is 0 Å². The summed E-state index contributed by atoms with van der Waals surface area (Å²) >= 11 is 0. The van der Waals surface area contributed by atoms with Crippen LogP contribution in [-0.2, 0) is 9.53 Å². The van der Waals surface area contributed by atoms with Gasteiger partial charge in [0.1, 0.15) is 0 Å². The zero-order valence-corrected chi connectivity index (χ0v) is 13.1. The van der Waals surface area contributed by atoms with Gasteiger partial charge in [0, 0.05) is 44.7 Å². The Morgan fingerprint density at radius 3 is 2.38 bits per heavy atom. The SMILES string of the molecule is NC1(CC(=O)N2CCC(CN3CCOCC3)CC2)CCC1. The number of morpholine rings is 1. The lowest BCUT2D eigenvalue weighted by Gasteiger charge is -2.41. The maximum atomic E-state index is 12.3. The van der Waals surface area contributed by atoms with Gasteiger partial charge in [-0.2, -0.15) is 0 Å². The number of likely N-dealkylation sites (tertiary alicyclic amines) is 1. The van der Waals surface area contributed by atoms with E-state index in [1.54, 1.807) is 0 Å². The Morgan fingerprint density at radius 1 is 1.14 bits per heavy atom. The normalized spacial score (nSPS) is 27.4. The summed E-state index contributed by atoms with van der Waals surface area (Å²) in [5.41, 5.74) is 6.02. The number of nitrogens with zero attached hydrogens (tertiary/aromatic N) is 2. The number of hydrogen-bond donors (Lipinski definition) is 1. The van der Waals surface area contributed by atoms with E-state index >= 15 is 0 Å². The molecule has 2 heterocycles. The van der Waals surface area contributed by atoms with Crippen LogP contribution in [0.2, 0.25) is 0 Å². The Morgan fingerprint density at radius 2 is 1.81 bits per heavy atom. The van der Waals surface area contributed by atoms with Crippen molar-refractivity contribution in [3.63, 3.8) is 0 Å². The summed E-state index contributed by atoms with van der Waals surface area (Å²) in [4.78, 5) is 16.9. The molecule has 0 radical (unpaired) electrons. The van der Waals surface area contributed by atoms with Gasteiger partial charge < -0.3 is 15.4 Å². The predicted molar refractivity (Wildman–Crippen MR) is 81.9 cm³/mol. The molecule has 21 heavy (non-hydrogen) atoms. The topological polar surface area (TPSA) is 58.8 Å². The molecule has 3 fully saturated rings. The van der Waals surface area contributed by atoms with Gasteiger partial charge in [-0.25, -0.2) is 0 Å². The Balaban J connectivity index is 1.39. The maximum absolute atomic E-state index is 12.3. The van der Waals surface area contributed by atoms with Crippen LogP contribution >= 0.6 is 0 Å². The van der Waals surface area contributed by atoms with Crippen molar-refractivity contribution in [3.05, 3.63) is 0 Å². The summed E-state index contributed by atoms with van der Waals surface area (Å²) in [5.74, 6) is 1.02. The molecular formula is C16H29N3O2. The van der Waals surface area contributed by atoms with Crippen LogP contribution in [0, 0.1) is 5.92 Å². The highest BCUT2D eigenvalue weighted by molar-refractivity contribution is 5.77. The second-order valence-corrected chi connectivity index (χ2v) is 7.13. The van der Waals surface area contributed by atoms with Crippen molar-refractivity contribution in [2.45, 2.75) is 44.1 Å². The molecule has 5 nitrogen and oxygen atoms in total. The van der Waals surface area contributed by atoms with Crippen molar-refractivity contribution in [2.75, 3.05) is 45.9 Å². The Hall–Kier alpha value is -0.650. The summed E-state index contributed by atoms with van der Waals surface area (Å²) in [6.45, 7) is 6.88. The number of nitrogens with two attached hydrogens (primary N) is 1. The van der Waals surface area contributed by atoms with Crippen molar-refractivity contribution < 1.29 is 9.53 Å². The molecule has 3 rings (SSSR count). The van der Waals surface area contributed by atoms with E-state index in [0.717, 1.165) is 71.0 Å². The third kappa shape index (κ3) is 3.96. The quantitative estimate of drug-likeness (QED) is 0.834. The Kier molecular flexibility index (Phi) is 4.82. The van der Waals surface area contributed by atoms with E-state index in [1.807, 2.05) is 4.90 Å². The molecule has 1 saturated carbocycles. The molecule has 0 aromatic rings. The zero-order valence-electron chi connectivity index (χ0n) is 13.1. The second-order valence-electron chi connectivity index (χ2n) is 7.13. The molecule has 5 heteroatoms. The second kappa shape index (κ2) is 6.63. The number of carbonyl (C=O) groups excluding carboxylic acids is 1. The minimum Gasteiger partial charge on any atom is -0.379 e. The zero-order chi connectivity index (χ0) is 14.7. The number of carbonyl (C=O) groups is 1. The summed E-state index contributed by atoms with van der Waals surface area (Å²) in [6, 6.07) is 0. The lowest BCUT2D eigenvalue weighted by molar-refractivity contribution is -0.134. The summed E-state index contributed by atoms with van der Waals surface area (Å²) in [7, 11) is 0. The van der Waals surface area contributed by atoms with Crippen molar-refractivity contribution in [1.29, 1.82) is 0 Å². The van der Waals surface area contributed by atoms with Gasteiger partial charge >= 0.3 is 0 Å². The molecule has 0 spiro atoms. The molecule has 1 amide bonds. The van der Waals surface area contributed by atoms with Crippen molar-refractivity contribution in [2.24, 2.45) is 11.7 Å². The molecule has 0 unspecified atom stereocenters. The highest BCUT2D eigenvalue weighted by Gasteiger charge is 2.36. The molecule has 2 N–H and O–H groups in total. The number of hydrogen-bond acceptors (Lipinski definition) is 4. The smallest absolute Gasteiger partial charge is 0.224 e. The van der Waals surface area contributed by atoms with Crippen molar-refractivity contribution in [1.82, 2.24) is 9.80 Å². The van der Waals surface area contributed by atoms with Crippen LogP contribution in [0.3, 0.4) is 0 Å².